The van der Waals surface area contributed by atoms with Crippen molar-refractivity contribution >= 4 is 5.97 Å². The number of hydrogen-bond donors (Lipinski definition) is 2. The van der Waals surface area contributed by atoms with E-state index in [0.29, 0.717) is 6.42 Å². The third-order valence-electron chi connectivity index (χ3n) is 5.79. The van der Waals surface area contributed by atoms with Crippen LogP contribution in [0.3, 0.4) is 0 Å². The second-order valence-corrected chi connectivity index (χ2v) is 8.98. The van der Waals surface area contributed by atoms with Crippen LogP contribution in [0.4, 0.5) is 0 Å². The minimum atomic E-state index is -0.958. The van der Waals surface area contributed by atoms with E-state index in [9.17, 15) is 4.79 Å². The van der Waals surface area contributed by atoms with Crippen molar-refractivity contribution in [3.63, 3.8) is 0 Å². The SMILES string of the molecule is CCCCCCCCC=CCCCCCCCCCCCCCC(=O)OC[C@@H](O)CO. The number of aliphatic hydroxyl groups excluding tert-OH is 2. The normalized spacial score (nSPS) is 12.5. The van der Waals surface area contributed by atoms with Crippen LogP contribution in [-0.2, 0) is 9.53 Å². The van der Waals surface area contributed by atoms with Crippen molar-refractivity contribution in [1.29, 1.82) is 0 Å². The third kappa shape index (κ3) is 25.3. The second-order valence-electron chi connectivity index (χ2n) is 8.98. The molecule has 0 spiro atoms. The highest BCUT2D eigenvalue weighted by atomic mass is 16.5. The van der Waals surface area contributed by atoms with Crippen LogP contribution in [0.5, 0.6) is 0 Å². The Morgan fingerprint density at radius 1 is 0.710 bits per heavy atom. The summed E-state index contributed by atoms with van der Waals surface area (Å²) in [6.07, 6.45) is 28.9. The summed E-state index contributed by atoms with van der Waals surface area (Å²) in [4.78, 5) is 11.4. The van der Waals surface area contributed by atoms with Crippen molar-refractivity contribution in [1.82, 2.24) is 0 Å². The Bertz CT molecular complexity index is 395. The van der Waals surface area contributed by atoms with Crippen LogP contribution in [-0.4, -0.2) is 35.5 Å². The van der Waals surface area contributed by atoms with E-state index in [1.165, 1.54) is 109 Å². The maximum absolute atomic E-state index is 11.4. The third-order valence-corrected chi connectivity index (χ3v) is 5.79. The van der Waals surface area contributed by atoms with Crippen LogP contribution in [0.25, 0.3) is 0 Å². The Morgan fingerprint density at radius 3 is 1.58 bits per heavy atom. The number of allylic oxidation sites excluding steroid dienone is 2. The molecule has 0 unspecified atom stereocenters. The Morgan fingerprint density at radius 2 is 1.13 bits per heavy atom. The number of esters is 1. The second kappa shape index (κ2) is 25.4. The number of ether oxygens (including phenoxy) is 1. The summed E-state index contributed by atoms with van der Waals surface area (Å²) in [7, 11) is 0. The van der Waals surface area contributed by atoms with E-state index in [0.717, 1.165) is 12.8 Å². The summed E-state index contributed by atoms with van der Waals surface area (Å²) in [5.74, 6) is -0.277. The molecule has 0 amide bonds. The van der Waals surface area contributed by atoms with Crippen molar-refractivity contribution in [2.45, 2.75) is 141 Å². The molecule has 0 rings (SSSR count). The van der Waals surface area contributed by atoms with Crippen LogP contribution >= 0.6 is 0 Å². The molecule has 184 valence electrons. The van der Waals surface area contributed by atoms with Crippen LogP contribution in [0, 0.1) is 0 Å². The van der Waals surface area contributed by atoms with Crippen molar-refractivity contribution in [3.05, 3.63) is 12.2 Å². The lowest BCUT2D eigenvalue weighted by Gasteiger charge is -2.08. The summed E-state index contributed by atoms with van der Waals surface area (Å²) in [5, 5.41) is 17.8. The number of hydrogen-bond acceptors (Lipinski definition) is 4. The van der Waals surface area contributed by atoms with Gasteiger partial charge in [-0.1, -0.05) is 109 Å². The number of aliphatic hydroxyl groups is 2. The van der Waals surface area contributed by atoms with Gasteiger partial charge in [-0.15, -0.1) is 0 Å². The summed E-state index contributed by atoms with van der Waals surface area (Å²) >= 11 is 0. The van der Waals surface area contributed by atoms with E-state index in [1.54, 1.807) is 0 Å². The van der Waals surface area contributed by atoms with Gasteiger partial charge in [0, 0.05) is 6.42 Å². The van der Waals surface area contributed by atoms with E-state index in [1.807, 2.05) is 0 Å². The average molecular weight is 441 g/mol. The lowest BCUT2D eigenvalue weighted by Crippen LogP contribution is -2.21. The molecule has 0 bridgehead atoms. The lowest BCUT2D eigenvalue weighted by atomic mass is 10.0. The first-order valence-corrected chi connectivity index (χ1v) is 13.3. The number of rotatable bonds is 24. The first kappa shape index (κ1) is 30.1. The zero-order chi connectivity index (χ0) is 22.8. The molecule has 0 aliphatic carbocycles. The van der Waals surface area contributed by atoms with Gasteiger partial charge in [0.05, 0.1) is 6.61 Å². The molecule has 0 aromatic heterocycles. The Kier molecular flexibility index (Phi) is 24.7. The molecule has 0 aliphatic heterocycles. The first-order chi connectivity index (χ1) is 15.2. The van der Waals surface area contributed by atoms with E-state index < -0.39 is 6.10 Å². The maximum atomic E-state index is 11.4. The summed E-state index contributed by atoms with van der Waals surface area (Å²) < 4.78 is 4.89. The molecule has 0 aromatic carbocycles. The van der Waals surface area contributed by atoms with Crippen LogP contribution < -0.4 is 0 Å². The molecule has 31 heavy (non-hydrogen) atoms. The molecule has 0 saturated heterocycles. The highest BCUT2D eigenvalue weighted by Crippen LogP contribution is 2.13. The van der Waals surface area contributed by atoms with Gasteiger partial charge in [0.1, 0.15) is 12.7 Å². The molecule has 2 N–H and O–H groups in total. The van der Waals surface area contributed by atoms with Gasteiger partial charge in [0.2, 0.25) is 0 Å². The molecule has 0 aromatic rings. The van der Waals surface area contributed by atoms with Gasteiger partial charge in [0.15, 0.2) is 0 Å². The number of unbranched alkanes of at least 4 members (excludes halogenated alkanes) is 17. The Labute approximate surface area is 192 Å². The molecule has 0 radical (unpaired) electrons. The van der Waals surface area contributed by atoms with Crippen molar-refractivity contribution < 1.29 is 19.7 Å². The molecule has 0 saturated carbocycles. The molecule has 0 fully saturated rings. The molecule has 4 nitrogen and oxygen atoms in total. The van der Waals surface area contributed by atoms with Crippen LogP contribution in [0.1, 0.15) is 135 Å². The van der Waals surface area contributed by atoms with Crippen LogP contribution in [0.2, 0.25) is 0 Å². The van der Waals surface area contributed by atoms with E-state index in [4.69, 9.17) is 14.9 Å². The zero-order valence-corrected chi connectivity index (χ0v) is 20.5. The molecular weight excluding hydrogens is 388 g/mol. The highest BCUT2D eigenvalue weighted by molar-refractivity contribution is 5.69. The fraction of sp³-hybridized carbons (Fsp3) is 0.889. The number of carbonyl (C=O) groups is 1. The summed E-state index contributed by atoms with van der Waals surface area (Å²) in [6.45, 7) is 1.80. The topological polar surface area (TPSA) is 66.8 Å². The summed E-state index contributed by atoms with van der Waals surface area (Å²) in [5.41, 5.74) is 0. The smallest absolute Gasteiger partial charge is 0.305 e. The zero-order valence-electron chi connectivity index (χ0n) is 20.5. The first-order valence-electron chi connectivity index (χ1n) is 13.3. The standard InChI is InChI=1S/C27H52O4/c1-2-3-4-5-6-7-8-9-10-11-12-13-14-15-16-17-18-19-20-21-22-23-27(30)31-25-26(29)24-28/h9-10,26,28-29H,2-8,11-25H2,1H3/t26-/m0/s1. The molecule has 4 heteroatoms. The van der Waals surface area contributed by atoms with Gasteiger partial charge < -0.3 is 14.9 Å². The van der Waals surface area contributed by atoms with Crippen LogP contribution in [0.15, 0.2) is 12.2 Å². The Balaban J connectivity index is 3.17. The number of carbonyl (C=O) groups excluding carboxylic acids is 1. The predicted octanol–water partition coefficient (Wildman–Crippen LogP) is 7.26. The molecular formula is C27H52O4. The van der Waals surface area contributed by atoms with Gasteiger partial charge >= 0.3 is 5.97 Å². The largest absolute Gasteiger partial charge is 0.463 e. The summed E-state index contributed by atoms with van der Waals surface area (Å²) in [6, 6.07) is 0. The van der Waals surface area contributed by atoms with Gasteiger partial charge in [-0.05, 0) is 32.1 Å². The van der Waals surface area contributed by atoms with Crippen molar-refractivity contribution in [3.8, 4) is 0 Å². The Hall–Kier alpha value is -0.870. The fourth-order valence-electron chi connectivity index (χ4n) is 3.71. The van der Waals surface area contributed by atoms with E-state index >= 15 is 0 Å². The maximum Gasteiger partial charge on any atom is 0.305 e. The minimum Gasteiger partial charge on any atom is -0.463 e. The van der Waals surface area contributed by atoms with E-state index in [2.05, 4.69) is 19.1 Å². The molecule has 1 atom stereocenters. The lowest BCUT2D eigenvalue weighted by molar-refractivity contribution is -0.147. The fourth-order valence-corrected chi connectivity index (χ4v) is 3.71. The predicted molar refractivity (Wildman–Crippen MR) is 131 cm³/mol. The van der Waals surface area contributed by atoms with Gasteiger partial charge in [0.25, 0.3) is 0 Å². The van der Waals surface area contributed by atoms with Gasteiger partial charge in [-0.25, -0.2) is 0 Å². The quantitative estimate of drug-likeness (QED) is 0.0941. The van der Waals surface area contributed by atoms with Gasteiger partial charge in [-0.3, -0.25) is 4.79 Å². The average Bonchev–Trinajstić information content (AvgIpc) is 2.78. The highest BCUT2D eigenvalue weighted by Gasteiger charge is 2.07. The van der Waals surface area contributed by atoms with Crippen molar-refractivity contribution in [2.24, 2.45) is 0 Å². The monoisotopic (exact) mass is 440 g/mol. The minimum absolute atomic E-state index is 0.106. The van der Waals surface area contributed by atoms with Gasteiger partial charge in [-0.2, -0.15) is 0 Å². The molecule has 0 aliphatic rings. The van der Waals surface area contributed by atoms with E-state index in [-0.39, 0.29) is 19.2 Å². The molecule has 0 heterocycles. The van der Waals surface area contributed by atoms with Crippen molar-refractivity contribution in [2.75, 3.05) is 13.2 Å².